The van der Waals surface area contributed by atoms with Gasteiger partial charge < -0.3 is 0 Å². The molecule has 0 amide bonds. The van der Waals surface area contributed by atoms with Crippen LogP contribution in [0.5, 0.6) is 0 Å². The number of hydrogen-bond acceptors (Lipinski definition) is 0. The summed E-state index contributed by atoms with van der Waals surface area (Å²) in [6, 6.07) is 13.4. The molecule has 0 aliphatic carbocycles. The summed E-state index contributed by atoms with van der Waals surface area (Å²) in [6.07, 6.45) is 8.18. The summed E-state index contributed by atoms with van der Waals surface area (Å²) < 4.78 is 2.55. The molecule has 0 atom stereocenters. The van der Waals surface area contributed by atoms with Gasteiger partial charge in [-0.15, -0.1) is 0 Å². The third-order valence-corrected chi connectivity index (χ3v) is 5.00. The zero-order valence-electron chi connectivity index (χ0n) is 14.9. The molecular formula is C22H28N+. The smallest absolute Gasteiger partial charge is 0.195 e. The summed E-state index contributed by atoms with van der Waals surface area (Å²) in [5, 5.41) is 2.74. The number of unbranched alkanes of at least 4 members (excludes halogenated alkanes) is 1. The average molecular weight is 306 g/mol. The van der Waals surface area contributed by atoms with Crippen LogP contribution < -0.4 is 0 Å². The lowest BCUT2D eigenvalue weighted by molar-refractivity contribution is -0.438. The van der Waals surface area contributed by atoms with Crippen LogP contribution in [0.15, 0.2) is 48.6 Å². The van der Waals surface area contributed by atoms with Crippen LogP contribution in [-0.4, -0.2) is 16.8 Å². The third kappa shape index (κ3) is 2.63. The van der Waals surface area contributed by atoms with Gasteiger partial charge in [0.05, 0.1) is 5.41 Å². The van der Waals surface area contributed by atoms with E-state index in [2.05, 4.69) is 80.8 Å². The molecule has 0 aromatic heterocycles. The lowest BCUT2D eigenvalue weighted by atomic mass is 9.79. The number of nitrogens with zero attached hydrogens (tertiary/aromatic N) is 1. The van der Waals surface area contributed by atoms with E-state index in [4.69, 9.17) is 0 Å². The quantitative estimate of drug-likeness (QED) is 0.598. The topological polar surface area (TPSA) is 3.01 Å². The fourth-order valence-electron chi connectivity index (χ4n) is 3.82. The van der Waals surface area contributed by atoms with Crippen LogP contribution in [0, 0.1) is 0 Å². The molecule has 120 valence electrons. The molecule has 2 aromatic carbocycles. The normalized spacial score (nSPS) is 16.5. The van der Waals surface area contributed by atoms with Gasteiger partial charge >= 0.3 is 0 Å². The van der Waals surface area contributed by atoms with E-state index in [0.29, 0.717) is 0 Å². The Morgan fingerprint density at radius 2 is 1.83 bits per heavy atom. The van der Waals surface area contributed by atoms with E-state index < -0.39 is 0 Å². The van der Waals surface area contributed by atoms with Gasteiger partial charge in [0.2, 0.25) is 5.69 Å². The molecular weight excluding hydrogens is 278 g/mol. The van der Waals surface area contributed by atoms with Crippen LogP contribution in [0.3, 0.4) is 0 Å². The molecule has 0 bridgehead atoms. The van der Waals surface area contributed by atoms with Crippen molar-refractivity contribution in [1.82, 2.24) is 0 Å². The Morgan fingerprint density at radius 3 is 2.57 bits per heavy atom. The second-order valence-corrected chi connectivity index (χ2v) is 7.01. The first kappa shape index (κ1) is 16.0. The maximum absolute atomic E-state index is 2.55. The largest absolute Gasteiger partial charge is 0.210 e. The average Bonchev–Trinajstić information content (AvgIpc) is 2.78. The van der Waals surface area contributed by atoms with Crippen molar-refractivity contribution in [2.24, 2.45) is 0 Å². The zero-order valence-corrected chi connectivity index (χ0v) is 14.9. The van der Waals surface area contributed by atoms with Gasteiger partial charge in [0.15, 0.2) is 5.71 Å². The van der Waals surface area contributed by atoms with E-state index >= 15 is 0 Å². The maximum Gasteiger partial charge on any atom is 0.210 e. The minimum Gasteiger partial charge on any atom is -0.195 e. The summed E-state index contributed by atoms with van der Waals surface area (Å²) in [5.41, 5.74) is 4.38. The molecule has 23 heavy (non-hydrogen) atoms. The number of fused-ring (bicyclic) bond motifs is 3. The van der Waals surface area contributed by atoms with Gasteiger partial charge in [0.25, 0.3) is 0 Å². The van der Waals surface area contributed by atoms with Crippen molar-refractivity contribution in [1.29, 1.82) is 0 Å². The predicted octanol–water partition coefficient (Wildman–Crippen LogP) is 5.98. The van der Waals surface area contributed by atoms with Gasteiger partial charge in [-0.2, -0.15) is 4.58 Å². The molecule has 1 heterocycles. The predicted molar refractivity (Wildman–Crippen MR) is 101 cm³/mol. The van der Waals surface area contributed by atoms with Gasteiger partial charge in [-0.1, -0.05) is 50.6 Å². The Bertz CT molecular complexity index is 778. The van der Waals surface area contributed by atoms with Crippen molar-refractivity contribution in [2.45, 2.75) is 52.4 Å². The van der Waals surface area contributed by atoms with Crippen LogP contribution in [0.2, 0.25) is 0 Å². The van der Waals surface area contributed by atoms with Gasteiger partial charge in [-0.05, 0) is 37.1 Å². The third-order valence-electron chi connectivity index (χ3n) is 5.00. The molecule has 1 aliphatic rings. The molecule has 1 aliphatic heterocycles. The van der Waals surface area contributed by atoms with Crippen molar-refractivity contribution in [3.05, 3.63) is 54.1 Å². The Labute approximate surface area is 140 Å². The first-order valence-corrected chi connectivity index (χ1v) is 8.95. The highest BCUT2D eigenvalue weighted by Crippen LogP contribution is 2.44. The first-order valence-electron chi connectivity index (χ1n) is 8.95. The van der Waals surface area contributed by atoms with E-state index in [9.17, 15) is 0 Å². The summed E-state index contributed by atoms with van der Waals surface area (Å²) in [5.74, 6) is 0. The van der Waals surface area contributed by atoms with Crippen molar-refractivity contribution >= 4 is 22.2 Å². The first-order chi connectivity index (χ1) is 11.1. The molecule has 0 radical (unpaired) electrons. The summed E-state index contributed by atoms with van der Waals surface area (Å²) in [4.78, 5) is 0. The van der Waals surface area contributed by atoms with Gasteiger partial charge in [-0.25, -0.2) is 0 Å². The number of allylic oxidation sites excluding steroid dienone is 2. The number of benzene rings is 2. The second-order valence-electron chi connectivity index (χ2n) is 7.01. The van der Waals surface area contributed by atoms with Gasteiger partial charge in [0, 0.05) is 24.1 Å². The van der Waals surface area contributed by atoms with E-state index in [1.807, 2.05) is 0 Å². The number of rotatable bonds is 5. The van der Waals surface area contributed by atoms with Crippen LogP contribution in [-0.2, 0) is 5.41 Å². The molecule has 0 saturated carbocycles. The molecule has 1 heteroatoms. The summed E-state index contributed by atoms with van der Waals surface area (Å²) in [7, 11) is 0. The van der Waals surface area contributed by atoms with E-state index in [1.54, 1.807) is 0 Å². The van der Waals surface area contributed by atoms with Crippen molar-refractivity contribution in [3.63, 3.8) is 0 Å². The van der Waals surface area contributed by atoms with Gasteiger partial charge in [-0.3, -0.25) is 0 Å². The Hall–Kier alpha value is -1.89. The standard InChI is InChI=1S/C22H28N/c1-5-7-13-20-22(3,4)21-18-12-10-9-11-17(18)14-15-19(21)23(20)16-8-6-2/h7,9-15H,5-6,8,16H2,1-4H3/q+1. The van der Waals surface area contributed by atoms with E-state index in [1.165, 1.54) is 40.6 Å². The van der Waals surface area contributed by atoms with Gasteiger partial charge in [0.1, 0.15) is 6.54 Å². The second kappa shape index (κ2) is 6.31. The van der Waals surface area contributed by atoms with Crippen LogP contribution in [0.4, 0.5) is 5.69 Å². The highest BCUT2D eigenvalue weighted by Gasteiger charge is 2.45. The fraction of sp³-hybridized carbons (Fsp3) is 0.409. The highest BCUT2D eigenvalue weighted by atomic mass is 15.1. The minimum atomic E-state index is 0.0512. The molecule has 3 rings (SSSR count). The zero-order chi connectivity index (χ0) is 16.4. The number of hydrogen-bond donors (Lipinski definition) is 0. The Kier molecular flexibility index (Phi) is 4.39. The summed E-state index contributed by atoms with van der Waals surface area (Å²) in [6.45, 7) is 10.3. The van der Waals surface area contributed by atoms with E-state index in [0.717, 1.165) is 13.0 Å². The molecule has 0 N–H and O–H groups in total. The molecule has 2 aromatic rings. The highest BCUT2D eigenvalue weighted by molar-refractivity contribution is 6.07. The van der Waals surface area contributed by atoms with Crippen LogP contribution >= 0.6 is 0 Å². The molecule has 0 unspecified atom stereocenters. The Balaban J connectivity index is 2.25. The molecule has 0 saturated heterocycles. The lowest BCUT2D eigenvalue weighted by Crippen LogP contribution is -2.28. The molecule has 0 fully saturated rings. The Morgan fingerprint density at radius 1 is 1.04 bits per heavy atom. The van der Waals surface area contributed by atoms with Crippen molar-refractivity contribution in [2.75, 3.05) is 6.54 Å². The van der Waals surface area contributed by atoms with Crippen LogP contribution in [0.25, 0.3) is 10.8 Å². The van der Waals surface area contributed by atoms with E-state index in [-0.39, 0.29) is 5.41 Å². The minimum absolute atomic E-state index is 0.0512. The van der Waals surface area contributed by atoms with Crippen LogP contribution in [0.1, 0.15) is 52.5 Å². The maximum atomic E-state index is 2.55. The SMILES string of the molecule is CCC=CC1=[N+](CCCC)c2ccc3ccccc3c2C1(C)C. The fourth-order valence-corrected chi connectivity index (χ4v) is 3.82. The monoisotopic (exact) mass is 306 g/mol. The lowest BCUT2D eigenvalue weighted by Gasteiger charge is -2.17. The van der Waals surface area contributed by atoms with Crippen molar-refractivity contribution < 1.29 is 4.58 Å². The summed E-state index contributed by atoms with van der Waals surface area (Å²) >= 11 is 0. The molecule has 1 nitrogen and oxygen atoms in total. The molecule has 0 spiro atoms. The van der Waals surface area contributed by atoms with Crippen molar-refractivity contribution in [3.8, 4) is 0 Å².